The molecule has 0 aromatic carbocycles. The predicted octanol–water partition coefficient (Wildman–Crippen LogP) is 0.454. The second-order valence-electron chi connectivity index (χ2n) is 4.03. The van der Waals surface area contributed by atoms with Crippen molar-refractivity contribution in [2.75, 3.05) is 6.54 Å². The Hall–Kier alpha value is -1.22. The zero-order chi connectivity index (χ0) is 9.60. The highest BCUT2D eigenvalue weighted by atomic mass is 16.1. The van der Waals surface area contributed by atoms with Gasteiger partial charge in [-0.1, -0.05) is 6.07 Å². The largest absolute Gasteiger partial charge is 0.311 e. The molecule has 1 aromatic rings. The minimum absolute atomic E-state index is 0.283. The van der Waals surface area contributed by atoms with Crippen molar-refractivity contribution in [1.29, 1.82) is 0 Å². The minimum atomic E-state index is -0.283. The lowest BCUT2D eigenvalue weighted by molar-refractivity contribution is -0.124. The first kappa shape index (κ1) is 8.12. The van der Waals surface area contributed by atoms with Crippen LogP contribution in [0.2, 0.25) is 0 Å². The molecule has 1 aromatic heterocycles. The van der Waals surface area contributed by atoms with Gasteiger partial charge in [-0.05, 0) is 18.1 Å². The molecular weight excluding hydrogens is 176 g/mol. The van der Waals surface area contributed by atoms with Crippen molar-refractivity contribution in [1.82, 2.24) is 10.3 Å². The highest BCUT2D eigenvalue weighted by Gasteiger charge is 2.57. The van der Waals surface area contributed by atoms with Crippen LogP contribution in [0.5, 0.6) is 0 Å². The molecule has 71 valence electrons. The van der Waals surface area contributed by atoms with Gasteiger partial charge in [0.2, 0.25) is 0 Å². The lowest BCUT2D eigenvalue weighted by Crippen LogP contribution is -2.65. The summed E-state index contributed by atoms with van der Waals surface area (Å²) in [6.07, 6.45) is 6.30. The average molecular weight is 187 g/mol. The molecule has 2 heterocycles. The molecule has 14 heavy (non-hydrogen) atoms. The van der Waals surface area contributed by atoms with Crippen LogP contribution in [0.25, 0.3) is 0 Å². The number of carbonyl (C=O) groups excluding carboxylic acids is 1. The number of aromatic nitrogens is 1. The van der Waals surface area contributed by atoms with Gasteiger partial charge in [-0.15, -0.1) is 0 Å². The summed E-state index contributed by atoms with van der Waals surface area (Å²) in [5.74, 6) is 0.352. The summed E-state index contributed by atoms with van der Waals surface area (Å²) in [5, 5.41) is 3.31. The second-order valence-corrected chi connectivity index (χ2v) is 4.03. The van der Waals surface area contributed by atoms with Gasteiger partial charge in [-0.3, -0.25) is 9.78 Å². The molecule has 3 heteroatoms. The molecule has 1 aliphatic carbocycles. The van der Waals surface area contributed by atoms with Gasteiger partial charge in [-0.25, -0.2) is 0 Å². The number of nitrogens with zero attached hydrogens (tertiary/aromatic N) is 1. The first-order chi connectivity index (χ1) is 6.84. The van der Waals surface area contributed by atoms with Crippen molar-refractivity contribution >= 4 is 5.78 Å². The molecule has 3 rings (SSSR count). The van der Waals surface area contributed by atoms with Crippen molar-refractivity contribution in [3.8, 4) is 0 Å². The third-order valence-corrected chi connectivity index (χ3v) is 3.47. The van der Waals surface area contributed by atoms with Crippen LogP contribution in [0, 0.1) is 6.20 Å². The Morgan fingerprint density at radius 2 is 2.57 bits per heavy atom. The van der Waals surface area contributed by atoms with E-state index in [2.05, 4.69) is 16.5 Å². The van der Waals surface area contributed by atoms with Crippen molar-refractivity contribution in [2.45, 2.75) is 24.3 Å². The van der Waals surface area contributed by atoms with Crippen LogP contribution in [0.4, 0.5) is 0 Å². The number of hydrogen-bond donors (Lipinski definition) is 1. The van der Waals surface area contributed by atoms with Crippen LogP contribution in [-0.2, 0) is 10.2 Å². The van der Waals surface area contributed by atoms with Gasteiger partial charge < -0.3 is 5.32 Å². The third kappa shape index (κ3) is 0.805. The summed E-state index contributed by atoms with van der Waals surface area (Å²) >= 11 is 0. The van der Waals surface area contributed by atoms with E-state index in [-0.39, 0.29) is 5.41 Å². The average Bonchev–Trinajstić information content (AvgIpc) is 2.39. The number of fused-ring (bicyclic) bond motifs is 1. The van der Waals surface area contributed by atoms with E-state index in [1.807, 2.05) is 12.1 Å². The van der Waals surface area contributed by atoms with Crippen molar-refractivity contribution in [3.05, 3.63) is 30.1 Å². The number of carbonyl (C=O) groups is 1. The molecule has 0 bridgehead atoms. The quantitative estimate of drug-likeness (QED) is 0.694. The van der Waals surface area contributed by atoms with E-state index in [0.717, 1.165) is 18.5 Å². The van der Waals surface area contributed by atoms with Crippen molar-refractivity contribution < 1.29 is 4.79 Å². The van der Waals surface area contributed by atoms with Gasteiger partial charge in [0.25, 0.3) is 0 Å². The molecule has 0 spiro atoms. The number of Topliss-reactive ketones (excluding diaryl/α,β-unsaturated/α-hetero) is 1. The van der Waals surface area contributed by atoms with Gasteiger partial charge in [-0.2, -0.15) is 0 Å². The maximum atomic E-state index is 11.9. The summed E-state index contributed by atoms with van der Waals surface area (Å²) in [6.45, 7) is 0.763. The molecule has 3 nitrogen and oxygen atoms in total. The Labute approximate surface area is 82.5 Å². The first-order valence-corrected chi connectivity index (χ1v) is 4.94. The lowest BCUT2D eigenvalue weighted by Gasteiger charge is -2.44. The third-order valence-electron chi connectivity index (χ3n) is 3.47. The zero-order valence-electron chi connectivity index (χ0n) is 7.79. The monoisotopic (exact) mass is 187 g/mol. The standard InChI is InChI=1S/C11H11N2O/c14-10-4-3-9-11(10,7-13-9)8-2-1-5-12-6-8/h1-2,5,9,13H,3-4,7H2. The van der Waals surface area contributed by atoms with Crippen LogP contribution in [0.15, 0.2) is 18.3 Å². The lowest BCUT2D eigenvalue weighted by atomic mass is 9.70. The van der Waals surface area contributed by atoms with Gasteiger partial charge in [0.1, 0.15) is 5.78 Å². The summed E-state index contributed by atoms with van der Waals surface area (Å²) in [4.78, 5) is 15.8. The molecule has 2 fully saturated rings. The predicted molar refractivity (Wildman–Crippen MR) is 50.8 cm³/mol. The molecule has 2 atom stereocenters. The Morgan fingerprint density at radius 3 is 3.14 bits per heavy atom. The SMILES string of the molecule is O=C1CCC2NCC12c1[c]nccc1. The Morgan fingerprint density at radius 1 is 1.64 bits per heavy atom. The smallest absolute Gasteiger partial charge is 0.146 e. The summed E-state index contributed by atoms with van der Waals surface area (Å²) < 4.78 is 0. The van der Waals surface area contributed by atoms with E-state index in [4.69, 9.17) is 0 Å². The van der Waals surface area contributed by atoms with Crippen molar-refractivity contribution in [2.24, 2.45) is 0 Å². The first-order valence-electron chi connectivity index (χ1n) is 4.94. The van der Waals surface area contributed by atoms with E-state index in [0.29, 0.717) is 18.2 Å². The number of ketones is 1. The summed E-state index contributed by atoms with van der Waals surface area (Å²) in [7, 11) is 0. The number of rotatable bonds is 1. The summed E-state index contributed by atoms with van der Waals surface area (Å²) in [6, 6.07) is 4.17. The van der Waals surface area contributed by atoms with Crippen LogP contribution in [0.1, 0.15) is 18.4 Å². The molecular formula is C11H11N2O. The summed E-state index contributed by atoms with van der Waals surface area (Å²) in [5.41, 5.74) is 0.681. The Bertz CT molecular complexity index is 376. The molecule has 1 radical (unpaired) electrons. The molecule has 2 aliphatic rings. The number of hydrogen-bond acceptors (Lipinski definition) is 3. The normalized spacial score (nSPS) is 35.1. The van der Waals surface area contributed by atoms with Crippen LogP contribution < -0.4 is 5.32 Å². The molecule has 1 N–H and O–H groups in total. The Kier molecular flexibility index (Phi) is 1.53. The fraction of sp³-hybridized carbons (Fsp3) is 0.455. The van der Waals surface area contributed by atoms with Gasteiger partial charge in [0, 0.05) is 25.2 Å². The van der Waals surface area contributed by atoms with Crippen LogP contribution >= 0.6 is 0 Å². The molecule has 0 amide bonds. The molecule has 1 saturated carbocycles. The maximum Gasteiger partial charge on any atom is 0.146 e. The topological polar surface area (TPSA) is 42.0 Å². The minimum Gasteiger partial charge on any atom is -0.311 e. The van der Waals surface area contributed by atoms with E-state index in [1.165, 1.54) is 0 Å². The van der Waals surface area contributed by atoms with E-state index < -0.39 is 0 Å². The Balaban J connectivity index is 2.08. The molecule has 2 unspecified atom stereocenters. The van der Waals surface area contributed by atoms with Gasteiger partial charge >= 0.3 is 0 Å². The van der Waals surface area contributed by atoms with Crippen LogP contribution in [-0.4, -0.2) is 23.4 Å². The van der Waals surface area contributed by atoms with Crippen molar-refractivity contribution in [3.63, 3.8) is 0 Å². The fourth-order valence-corrected chi connectivity index (χ4v) is 2.60. The highest BCUT2D eigenvalue weighted by Crippen LogP contribution is 2.43. The van der Waals surface area contributed by atoms with Gasteiger partial charge in [0.15, 0.2) is 0 Å². The fourth-order valence-electron chi connectivity index (χ4n) is 2.60. The second kappa shape index (κ2) is 2.64. The molecule has 1 saturated heterocycles. The molecule has 1 aliphatic heterocycles. The van der Waals surface area contributed by atoms with Gasteiger partial charge in [0.05, 0.1) is 11.6 Å². The van der Waals surface area contributed by atoms with E-state index in [9.17, 15) is 4.79 Å². The number of pyridine rings is 1. The number of nitrogens with one attached hydrogen (secondary N) is 1. The van der Waals surface area contributed by atoms with Crippen LogP contribution in [0.3, 0.4) is 0 Å². The zero-order valence-corrected chi connectivity index (χ0v) is 7.79. The maximum absolute atomic E-state index is 11.9. The highest BCUT2D eigenvalue weighted by molar-refractivity contribution is 5.95. The van der Waals surface area contributed by atoms with E-state index in [1.54, 1.807) is 6.20 Å². The van der Waals surface area contributed by atoms with E-state index >= 15 is 0 Å².